The minimum absolute atomic E-state index is 0.185. The van der Waals surface area contributed by atoms with Gasteiger partial charge >= 0.3 is 6.03 Å². The number of rotatable bonds is 6. The summed E-state index contributed by atoms with van der Waals surface area (Å²) in [5.74, 6) is -0.185. The highest BCUT2D eigenvalue weighted by molar-refractivity contribution is 5.94. The Balaban J connectivity index is 2.46. The molecule has 1 aromatic rings. The fraction of sp³-hybridized carbons (Fsp3) is 0.385. The van der Waals surface area contributed by atoms with Crippen molar-refractivity contribution in [3.63, 3.8) is 0 Å². The summed E-state index contributed by atoms with van der Waals surface area (Å²) in [6.45, 7) is 2.44. The number of nitrogens with two attached hydrogens (primary N) is 1. The van der Waals surface area contributed by atoms with Gasteiger partial charge in [0, 0.05) is 18.7 Å². The van der Waals surface area contributed by atoms with Gasteiger partial charge in [0.2, 0.25) is 0 Å². The first-order valence-corrected chi connectivity index (χ1v) is 6.07. The molecule has 19 heavy (non-hydrogen) atoms. The van der Waals surface area contributed by atoms with Gasteiger partial charge in [-0.3, -0.25) is 4.79 Å². The van der Waals surface area contributed by atoms with E-state index in [9.17, 15) is 9.59 Å². The van der Waals surface area contributed by atoms with Gasteiger partial charge < -0.3 is 21.5 Å². The third kappa shape index (κ3) is 5.87. The third-order valence-corrected chi connectivity index (χ3v) is 2.53. The molecule has 1 atom stereocenters. The lowest BCUT2D eigenvalue weighted by Gasteiger charge is -2.07. The molecule has 6 heteroatoms. The van der Waals surface area contributed by atoms with Crippen molar-refractivity contribution in [3.05, 3.63) is 35.4 Å². The van der Waals surface area contributed by atoms with E-state index in [4.69, 9.17) is 10.8 Å². The van der Waals surface area contributed by atoms with Crippen molar-refractivity contribution >= 4 is 11.9 Å². The molecule has 0 saturated carbocycles. The van der Waals surface area contributed by atoms with Gasteiger partial charge in [0.05, 0.1) is 6.10 Å². The van der Waals surface area contributed by atoms with Crippen molar-refractivity contribution < 1.29 is 14.7 Å². The molecule has 0 heterocycles. The van der Waals surface area contributed by atoms with Gasteiger partial charge in [-0.1, -0.05) is 12.1 Å². The average molecular weight is 265 g/mol. The molecule has 0 aliphatic heterocycles. The van der Waals surface area contributed by atoms with E-state index < -0.39 is 12.1 Å². The van der Waals surface area contributed by atoms with Crippen molar-refractivity contribution in [2.24, 2.45) is 5.73 Å². The number of carbonyl (C=O) groups is 2. The zero-order valence-electron chi connectivity index (χ0n) is 10.8. The average Bonchev–Trinajstić information content (AvgIpc) is 2.36. The first-order valence-electron chi connectivity index (χ1n) is 6.07. The largest absolute Gasteiger partial charge is 0.393 e. The Morgan fingerprint density at radius 2 is 1.89 bits per heavy atom. The van der Waals surface area contributed by atoms with E-state index >= 15 is 0 Å². The maximum absolute atomic E-state index is 11.7. The van der Waals surface area contributed by atoms with E-state index in [1.165, 1.54) is 0 Å². The van der Waals surface area contributed by atoms with Gasteiger partial charge in [0.1, 0.15) is 0 Å². The lowest BCUT2D eigenvalue weighted by Crippen LogP contribution is -2.28. The monoisotopic (exact) mass is 265 g/mol. The summed E-state index contributed by atoms with van der Waals surface area (Å²) in [5.41, 5.74) is 6.36. The number of benzene rings is 1. The van der Waals surface area contributed by atoms with Gasteiger partial charge in [-0.2, -0.15) is 0 Å². The second-order valence-corrected chi connectivity index (χ2v) is 4.31. The van der Waals surface area contributed by atoms with Crippen molar-refractivity contribution in [1.29, 1.82) is 0 Å². The van der Waals surface area contributed by atoms with Gasteiger partial charge in [-0.05, 0) is 31.0 Å². The molecule has 0 radical (unpaired) electrons. The van der Waals surface area contributed by atoms with Crippen LogP contribution in [0.15, 0.2) is 24.3 Å². The van der Waals surface area contributed by atoms with Crippen molar-refractivity contribution in [2.45, 2.75) is 26.0 Å². The van der Waals surface area contributed by atoms with Crippen molar-refractivity contribution in [1.82, 2.24) is 10.6 Å². The minimum atomic E-state index is -0.583. The van der Waals surface area contributed by atoms with E-state index in [0.717, 1.165) is 5.56 Å². The molecule has 0 aliphatic carbocycles. The van der Waals surface area contributed by atoms with Crippen LogP contribution in [0.3, 0.4) is 0 Å². The van der Waals surface area contributed by atoms with E-state index in [1.54, 1.807) is 31.2 Å². The molecule has 0 fully saturated rings. The Labute approximate surface area is 112 Å². The SMILES string of the molecule is CC(O)CCNC(=O)c1ccc(CNC(N)=O)cc1. The van der Waals surface area contributed by atoms with Crippen molar-refractivity contribution in [3.8, 4) is 0 Å². The summed E-state index contributed by atoms with van der Waals surface area (Å²) in [5, 5.41) is 14.3. The van der Waals surface area contributed by atoms with Crippen LogP contribution in [-0.2, 0) is 6.54 Å². The zero-order valence-corrected chi connectivity index (χ0v) is 10.8. The first kappa shape index (κ1) is 15.0. The van der Waals surface area contributed by atoms with Crippen LogP contribution < -0.4 is 16.4 Å². The maximum atomic E-state index is 11.7. The lowest BCUT2D eigenvalue weighted by molar-refractivity contribution is 0.0945. The fourth-order valence-electron chi connectivity index (χ4n) is 1.46. The fourth-order valence-corrected chi connectivity index (χ4v) is 1.46. The molecule has 0 aliphatic rings. The highest BCUT2D eigenvalue weighted by Crippen LogP contribution is 2.04. The maximum Gasteiger partial charge on any atom is 0.312 e. The number of aliphatic hydroxyl groups is 1. The minimum Gasteiger partial charge on any atom is -0.393 e. The number of nitrogens with one attached hydrogen (secondary N) is 2. The summed E-state index contributed by atoms with van der Waals surface area (Å²) >= 11 is 0. The standard InChI is InChI=1S/C13H19N3O3/c1-9(17)6-7-15-12(18)11-4-2-10(3-5-11)8-16-13(14)19/h2-5,9,17H,6-8H2,1H3,(H,15,18)(H3,14,16,19). The first-order chi connectivity index (χ1) is 8.99. The van der Waals surface area contributed by atoms with Crippen LogP contribution in [0, 0.1) is 0 Å². The normalized spacial score (nSPS) is 11.7. The van der Waals surface area contributed by atoms with Crippen LogP contribution in [0.2, 0.25) is 0 Å². The van der Waals surface area contributed by atoms with Crippen LogP contribution >= 0.6 is 0 Å². The van der Waals surface area contributed by atoms with E-state index in [1.807, 2.05) is 0 Å². The summed E-state index contributed by atoms with van der Waals surface area (Å²) < 4.78 is 0. The number of amides is 3. The molecule has 0 spiro atoms. The number of urea groups is 1. The van der Waals surface area contributed by atoms with Crippen LogP contribution in [0.4, 0.5) is 4.79 Å². The second-order valence-electron chi connectivity index (χ2n) is 4.31. The van der Waals surface area contributed by atoms with Crippen LogP contribution in [0.5, 0.6) is 0 Å². The Bertz CT molecular complexity index is 429. The highest BCUT2D eigenvalue weighted by Gasteiger charge is 2.05. The Morgan fingerprint density at radius 3 is 2.42 bits per heavy atom. The zero-order chi connectivity index (χ0) is 14.3. The van der Waals surface area contributed by atoms with Gasteiger partial charge in [-0.15, -0.1) is 0 Å². The predicted octanol–water partition coefficient (Wildman–Crippen LogP) is 0.356. The molecule has 0 bridgehead atoms. The summed E-state index contributed by atoms with van der Waals surface area (Å²) in [4.78, 5) is 22.3. The number of primary amides is 1. The number of hydrogen-bond acceptors (Lipinski definition) is 3. The molecule has 6 nitrogen and oxygen atoms in total. The molecule has 5 N–H and O–H groups in total. The highest BCUT2D eigenvalue weighted by atomic mass is 16.3. The molecule has 1 rings (SSSR count). The Morgan fingerprint density at radius 1 is 1.26 bits per heavy atom. The van der Waals surface area contributed by atoms with Crippen LogP contribution in [-0.4, -0.2) is 29.7 Å². The number of carbonyl (C=O) groups excluding carboxylic acids is 2. The molecule has 0 saturated heterocycles. The van der Waals surface area contributed by atoms with Gasteiger partial charge in [-0.25, -0.2) is 4.79 Å². The summed E-state index contributed by atoms with van der Waals surface area (Å²) in [7, 11) is 0. The Hall–Kier alpha value is -2.08. The van der Waals surface area contributed by atoms with Gasteiger partial charge in [0.15, 0.2) is 0 Å². The summed E-state index contributed by atoms with van der Waals surface area (Å²) in [6, 6.07) is 6.27. The predicted molar refractivity (Wildman–Crippen MR) is 71.5 cm³/mol. The van der Waals surface area contributed by atoms with Crippen LogP contribution in [0.25, 0.3) is 0 Å². The molecule has 0 aromatic heterocycles. The van der Waals surface area contributed by atoms with Gasteiger partial charge in [0.25, 0.3) is 5.91 Å². The van der Waals surface area contributed by atoms with E-state index in [2.05, 4.69) is 10.6 Å². The van der Waals surface area contributed by atoms with E-state index in [0.29, 0.717) is 25.1 Å². The molecule has 3 amide bonds. The topological polar surface area (TPSA) is 104 Å². The summed E-state index contributed by atoms with van der Waals surface area (Å²) in [6.07, 6.45) is 0.0920. The molecule has 1 unspecified atom stereocenters. The molecule has 104 valence electrons. The second kappa shape index (κ2) is 7.38. The molecular formula is C13H19N3O3. The Kier molecular flexibility index (Phi) is 5.81. The quantitative estimate of drug-likeness (QED) is 0.596. The number of aliphatic hydroxyl groups excluding tert-OH is 1. The van der Waals surface area contributed by atoms with E-state index in [-0.39, 0.29) is 5.91 Å². The number of hydrogen-bond donors (Lipinski definition) is 4. The molecular weight excluding hydrogens is 246 g/mol. The molecule has 1 aromatic carbocycles. The van der Waals surface area contributed by atoms with Crippen LogP contribution in [0.1, 0.15) is 29.3 Å². The lowest BCUT2D eigenvalue weighted by atomic mass is 10.1. The smallest absolute Gasteiger partial charge is 0.312 e. The third-order valence-electron chi connectivity index (χ3n) is 2.53. The van der Waals surface area contributed by atoms with Crippen molar-refractivity contribution in [2.75, 3.05) is 6.54 Å².